The Bertz CT molecular complexity index is 120. The van der Waals surface area contributed by atoms with Gasteiger partial charge in [-0.1, -0.05) is 13.8 Å². The average Bonchev–Trinajstić information content (AvgIpc) is 1.97. The van der Waals surface area contributed by atoms with Gasteiger partial charge < -0.3 is 10.2 Å². The van der Waals surface area contributed by atoms with E-state index in [0.717, 1.165) is 6.42 Å². The third-order valence-electron chi connectivity index (χ3n) is 1.93. The third kappa shape index (κ3) is 5.52. The molecule has 0 saturated carbocycles. The zero-order chi connectivity index (χ0) is 9.78. The highest BCUT2D eigenvalue weighted by atomic mass is 16.3. The molecule has 3 nitrogen and oxygen atoms in total. The van der Waals surface area contributed by atoms with Gasteiger partial charge in [0.2, 0.25) is 0 Å². The van der Waals surface area contributed by atoms with Crippen LogP contribution in [0.25, 0.3) is 0 Å². The Labute approximate surface area is 74.8 Å². The van der Waals surface area contributed by atoms with E-state index in [-0.39, 0.29) is 5.92 Å². The Morgan fingerprint density at radius 3 is 2.25 bits per heavy atom. The summed E-state index contributed by atoms with van der Waals surface area (Å²) in [5.74, 6) is 0.229. The minimum absolute atomic E-state index is 0.229. The molecule has 0 aromatic rings. The van der Waals surface area contributed by atoms with Gasteiger partial charge in [0, 0.05) is 6.54 Å². The van der Waals surface area contributed by atoms with E-state index < -0.39 is 11.8 Å². The molecule has 0 rings (SSSR count). The van der Waals surface area contributed by atoms with Crippen molar-refractivity contribution in [3.63, 3.8) is 0 Å². The Balaban J connectivity index is 3.64. The molecule has 0 saturated heterocycles. The van der Waals surface area contributed by atoms with E-state index in [1.54, 1.807) is 13.8 Å². The largest absolute Gasteiger partial charge is 0.389 e. The highest BCUT2D eigenvalue weighted by Gasteiger charge is 2.17. The molecule has 0 bridgehead atoms. The highest BCUT2D eigenvalue weighted by Crippen LogP contribution is 2.06. The van der Waals surface area contributed by atoms with Crippen molar-refractivity contribution in [1.82, 2.24) is 5.32 Å². The molecule has 74 valence electrons. The normalized spacial score (nSPS) is 17.5. The summed E-state index contributed by atoms with van der Waals surface area (Å²) in [6.07, 6.45) is 0.418. The lowest BCUT2D eigenvalue weighted by Crippen LogP contribution is -2.43. The molecular weight excluding hydrogens is 154 g/mol. The summed E-state index contributed by atoms with van der Waals surface area (Å²) in [7, 11) is 0. The summed E-state index contributed by atoms with van der Waals surface area (Å²) in [5.41, 5.74) is -0.756. The van der Waals surface area contributed by atoms with Gasteiger partial charge in [0.15, 0.2) is 0 Å². The van der Waals surface area contributed by atoms with Gasteiger partial charge in [0.25, 0.3) is 0 Å². The van der Waals surface area contributed by atoms with Crippen molar-refractivity contribution in [3.8, 4) is 0 Å². The Morgan fingerprint density at radius 2 is 1.92 bits per heavy atom. The van der Waals surface area contributed by atoms with E-state index in [9.17, 15) is 10.2 Å². The second-order valence-electron chi connectivity index (χ2n) is 4.02. The molecule has 0 spiro atoms. The van der Waals surface area contributed by atoms with Crippen LogP contribution < -0.4 is 5.32 Å². The maximum absolute atomic E-state index is 9.46. The standard InChI is InChI=1S/C9H21NO2/c1-5-7(2)8(11)10-6-9(3,4)12/h7-8,10-12H,5-6H2,1-4H3. The number of rotatable bonds is 5. The molecule has 0 amide bonds. The van der Waals surface area contributed by atoms with Crippen LogP contribution in [0.4, 0.5) is 0 Å². The maximum atomic E-state index is 9.46. The van der Waals surface area contributed by atoms with Crippen LogP contribution in [0, 0.1) is 5.92 Å². The first-order chi connectivity index (χ1) is 5.37. The van der Waals surface area contributed by atoms with Crippen molar-refractivity contribution in [2.45, 2.75) is 45.9 Å². The molecule has 0 aliphatic rings. The summed E-state index contributed by atoms with van der Waals surface area (Å²) >= 11 is 0. The first kappa shape index (κ1) is 11.9. The minimum Gasteiger partial charge on any atom is -0.389 e. The Hall–Kier alpha value is -0.120. The highest BCUT2D eigenvalue weighted by molar-refractivity contribution is 4.71. The molecule has 0 heterocycles. The predicted octanol–water partition coefficient (Wildman–Crippen LogP) is 0.711. The number of nitrogens with one attached hydrogen (secondary N) is 1. The fourth-order valence-corrected chi connectivity index (χ4v) is 0.779. The number of aliphatic hydroxyl groups excluding tert-OH is 1. The van der Waals surface area contributed by atoms with Gasteiger partial charge in [-0.05, 0) is 26.2 Å². The Morgan fingerprint density at radius 1 is 1.42 bits per heavy atom. The molecule has 12 heavy (non-hydrogen) atoms. The second kappa shape index (κ2) is 4.80. The molecule has 3 heteroatoms. The molecular formula is C9H21NO2. The monoisotopic (exact) mass is 175 g/mol. The molecule has 0 aromatic heterocycles. The van der Waals surface area contributed by atoms with Gasteiger partial charge in [0.05, 0.1) is 5.60 Å². The van der Waals surface area contributed by atoms with Crippen molar-refractivity contribution >= 4 is 0 Å². The average molecular weight is 175 g/mol. The zero-order valence-corrected chi connectivity index (χ0v) is 8.46. The van der Waals surface area contributed by atoms with Crippen LogP contribution in [-0.4, -0.2) is 28.6 Å². The third-order valence-corrected chi connectivity index (χ3v) is 1.93. The van der Waals surface area contributed by atoms with E-state index in [4.69, 9.17) is 0 Å². The van der Waals surface area contributed by atoms with Gasteiger partial charge in [0.1, 0.15) is 6.23 Å². The molecule has 0 aromatic carbocycles. The lowest BCUT2D eigenvalue weighted by molar-refractivity contribution is 0.0298. The fourth-order valence-electron chi connectivity index (χ4n) is 0.779. The van der Waals surface area contributed by atoms with Crippen LogP contribution in [0.3, 0.4) is 0 Å². The molecule has 0 aliphatic carbocycles. The lowest BCUT2D eigenvalue weighted by atomic mass is 10.1. The van der Waals surface area contributed by atoms with E-state index in [2.05, 4.69) is 5.32 Å². The van der Waals surface area contributed by atoms with Crippen LogP contribution >= 0.6 is 0 Å². The van der Waals surface area contributed by atoms with Gasteiger partial charge in [-0.15, -0.1) is 0 Å². The summed E-state index contributed by atoms with van der Waals surface area (Å²) < 4.78 is 0. The van der Waals surface area contributed by atoms with Gasteiger partial charge >= 0.3 is 0 Å². The molecule has 0 radical (unpaired) electrons. The topological polar surface area (TPSA) is 52.5 Å². The number of aliphatic hydroxyl groups is 2. The minimum atomic E-state index is -0.756. The summed E-state index contributed by atoms with van der Waals surface area (Å²) in [6, 6.07) is 0. The van der Waals surface area contributed by atoms with E-state index >= 15 is 0 Å². The van der Waals surface area contributed by atoms with Crippen molar-refractivity contribution in [2.24, 2.45) is 5.92 Å². The number of hydrogen-bond donors (Lipinski definition) is 3. The van der Waals surface area contributed by atoms with Crippen molar-refractivity contribution in [1.29, 1.82) is 0 Å². The van der Waals surface area contributed by atoms with Crippen LogP contribution in [-0.2, 0) is 0 Å². The molecule has 3 N–H and O–H groups in total. The molecule has 2 atom stereocenters. The molecule has 0 fully saturated rings. The van der Waals surface area contributed by atoms with E-state index in [1.807, 2.05) is 13.8 Å². The SMILES string of the molecule is CCC(C)C(O)NCC(C)(C)O. The van der Waals surface area contributed by atoms with Crippen LogP contribution in [0.2, 0.25) is 0 Å². The maximum Gasteiger partial charge on any atom is 0.107 e. The van der Waals surface area contributed by atoms with Crippen LogP contribution in [0.5, 0.6) is 0 Å². The van der Waals surface area contributed by atoms with Crippen LogP contribution in [0.15, 0.2) is 0 Å². The van der Waals surface area contributed by atoms with Gasteiger partial charge in [-0.2, -0.15) is 0 Å². The first-order valence-electron chi connectivity index (χ1n) is 4.50. The van der Waals surface area contributed by atoms with Gasteiger partial charge in [-0.3, -0.25) is 5.32 Å². The van der Waals surface area contributed by atoms with E-state index in [0.29, 0.717) is 6.54 Å². The van der Waals surface area contributed by atoms with Crippen LogP contribution in [0.1, 0.15) is 34.1 Å². The summed E-state index contributed by atoms with van der Waals surface area (Å²) in [5, 5.41) is 21.7. The Kier molecular flexibility index (Phi) is 4.75. The zero-order valence-electron chi connectivity index (χ0n) is 8.46. The lowest BCUT2D eigenvalue weighted by Gasteiger charge is -2.23. The second-order valence-corrected chi connectivity index (χ2v) is 4.02. The van der Waals surface area contributed by atoms with Crippen molar-refractivity contribution < 1.29 is 10.2 Å². The quantitative estimate of drug-likeness (QED) is 0.539. The predicted molar refractivity (Wildman–Crippen MR) is 49.8 cm³/mol. The summed E-state index contributed by atoms with van der Waals surface area (Å²) in [6.45, 7) is 7.84. The van der Waals surface area contributed by atoms with Crippen molar-refractivity contribution in [2.75, 3.05) is 6.54 Å². The van der Waals surface area contributed by atoms with Crippen molar-refractivity contribution in [3.05, 3.63) is 0 Å². The fraction of sp³-hybridized carbons (Fsp3) is 1.00. The number of hydrogen-bond acceptors (Lipinski definition) is 3. The molecule has 2 unspecified atom stereocenters. The van der Waals surface area contributed by atoms with Gasteiger partial charge in [-0.25, -0.2) is 0 Å². The first-order valence-corrected chi connectivity index (χ1v) is 4.50. The molecule has 0 aliphatic heterocycles. The van der Waals surface area contributed by atoms with E-state index in [1.165, 1.54) is 0 Å². The summed E-state index contributed by atoms with van der Waals surface area (Å²) in [4.78, 5) is 0. The smallest absolute Gasteiger partial charge is 0.107 e.